The maximum absolute atomic E-state index is 14.8. The second-order valence-electron chi connectivity index (χ2n) is 20.1. The van der Waals surface area contributed by atoms with Gasteiger partial charge in [-0.15, -0.1) is 12.3 Å². The smallest absolute Gasteiger partial charge is 0.440 e. The number of phosphoric ester groups is 1. The zero-order chi connectivity index (χ0) is 57.2. The highest BCUT2D eigenvalue weighted by Crippen LogP contribution is 2.51. The summed E-state index contributed by atoms with van der Waals surface area (Å²) in [6.45, 7) is 18.0. The minimum atomic E-state index is -4.23. The van der Waals surface area contributed by atoms with Gasteiger partial charge in [0.2, 0.25) is 23.5 Å². The van der Waals surface area contributed by atoms with Crippen molar-refractivity contribution in [3.8, 4) is 18.1 Å². The van der Waals surface area contributed by atoms with Crippen molar-refractivity contribution in [2.75, 3.05) is 48.1 Å². The number of carbonyl (C=O) groups is 4. The Morgan fingerprint density at radius 3 is 2.05 bits per heavy atom. The summed E-state index contributed by atoms with van der Waals surface area (Å²) in [5, 5.41) is 41.0. The van der Waals surface area contributed by atoms with Crippen molar-refractivity contribution in [2.24, 2.45) is 23.7 Å². The normalized spacial score (nSPS) is 18.4. The molecule has 6 unspecified atom stereocenters. The van der Waals surface area contributed by atoms with Gasteiger partial charge in [0, 0.05) is 59.0 Å². The molecular weight excluding hydrogens is 1000 g/mol. The number of likely N-dealkylation sites (N-methyl/N-ethyl adjacent to an activating group) is 2. The summed E-state index contributed by atoms with van der Waals surface area (Å²) in [4.78, 5) is 72.8. The Balaban J connectivity index is 1.82. The fourth-order valence-electron chi connectivity index (χ4n) is 9.89. The van der Waals surface area contributed by atoms with E-state index in [1.807, 2.05) is 36.9 Å². The van der Waals surface area contributed by atoms with Crippen LogP contribution in [0, 0.1) is 46.1 Å². The molecule has 2 aromatic carbocycles. The molecule has 4 N–H and O–H groups in total. The molecule has 0 bridgehead atoms. The molecule has 22 heteroatoms. The monoisotopic (exact) mass is 1090 g/mol. The number of nitro groups is 1. The molecule has 1 heterocycles. The Morgan fingerprint density at radius 1 is 0.895 bits per heavy atom. The molecule has 1 fully saturated rings. The number of rotatable bonds is 31. The first-order valence-corrected chi connectivity index (χ1v) is 27.7. The van der Waals surface area contributed by atoms with Crippen molar-refractivity contribution in [1.82, 2.24) is 25.3 Å². The molecular formula is C54H85N6O15P. The molecule has 2 aromatic rings. The molecule has 4 amide bonds. The van der Waals surface area contributed by atoms with Gasteiger partial charge in [-0.1, -0.05) is 91.3 Å². The van der Waals surface area contributed by atoms with Crippen LogP contribution in [0.1, 0.15) is 125 Å². The van der Waals surface area contributed by atoms with Crippen LogP contribution in [0.5, 0.6) is 5.75 Å². The van der Waals surface area contributed by atoms with E-state index >= 15 is 0 Å². The highest BCUT2D eigenvalue weighted by molar-refractivity contribution is 7.48. The van der Waals surface area contributed by atoms with Crippen molar-refractivity contribution in [3.63, 3.8) is 0 Å². The number of benzene rings is 2. The number of nitro benzene ring substituents is 1. The van der Waals surface area contributed by atoms with Gasteiger partial charge in [-0.2, -0.15) is 0 Å². The van der Waals surface area contributed by atoms with Crippen LogP contribution in [-0.2, 0) is 42.2 Å². The molecule has 0 spiro atoms. The third-order valence-corrected chi connectivity index (χ3v) is 15.7. The first-order chi connectivity index (χ1) is 35.9. The van der Waals surface area contributed by atoms with Crippen LogP contribution in [-0.4, -0.2) is 150 Å². The van der Waals surface area contributed by atoms with Crippen LogP contribution in [0.15, 0.2) is 48.5 Å². The zero-order valence-electron chi connectivity index (χ0n) is 46.9. The molecule has 12 atom stereocenters. The number of ether oxygens (including phenoxy) is 3. The number of aliphatic hydroxyl groups is 2. The van der Waals surface area contributed by atoms with E-state index in [4.69, 9.17) is 34.2 Å². The van der Waals surface area contributed by atoms with Crippen molar-refractivity contribution < 1.29 is 66.7 Å². The van der Waals surface area contributed by atoms with E-state index in [1.54, 1.807) is 79.5 Å². The average Bonchev–Trinajstić information content (AvgIpc) is 3.87. The molecule has 1 aliphatic heterocycles. The number of phosphoric acid groups is 1. The Hall–Kier alpha value is -5.17. The second-order valence-corrected chi connectivity index (χ2v) is 21.7. The largest absolute Gasteiger partial charge is 0.530 e. The number of nitrogens with zero attached hydrogens (tertiary/aromatic N) is 4. The molecule has 21 nitrogen and oxygen atoms in total. The second kappa shape index (κ2) is 30.7. The number of methoxy groups -OCH3 is 2. The SMILES string of the molecule is C#CCC(OC(=O)N(C)[C@H](C(=O)NC(C(=O)N(C)C(C(C)CC)[C@@H](CC(O)N1CCCC1[C@H](OC)[C@@H](C)C(=O)N[C@H](C)[C@@H](O)c1ccccc1)OC)C(C)C)C(C)C)c1ccc(OP(=O)(OCC)OCC)c([N+](=O)[O-])c1. The van der Waals surface area contributed by atoms with Gasteiger partial charge in [-0.3, -0.25) is 43.3 Å². The molecule has 1 saturated heterocycles. The summed E-state index contributed by atoms with van der Waals surface area (Å²) in [6.07, 6.45) is 2.06. The Morgan fingerprint density at radius 2 is 1.53 bits per heavy atom. The average molecular weight is 1090 g/mol. The lowest BCUT2D eigenvalue weighted by Gasteiger charge is -2.42. The van der Waals surface area contributed by atoms with Gasteiger partial charge in [-0.25, -0.2) is 9.36 Å². The summed E-state index contributed by atoms with van der Waals surface area (Å²) in [7, 11) is 1.84. The zero-order valence-corrected chi connectivity index (χ0v) is 47.8. The number of likely N-dealkylation sites (tertiary alicyclic amines) is 1. The number of hydrogen-bond donors (Lipinski definition) is 4. The van der Waals surface area contributed by atoms with Gasteiger partial charge in [0.1, 0.15) is 24.4 Å². The summed E-state index contributed by atoms with van der Waals surface area (Å²) in [5.74, 6) is -1.12. The molecule has 426 valence electrons. The minimum Gasteiger partial charge on any atom is -0.440 e. The number of carbonyl (C=O) groups excluding carboxylic acids is 4. The van der Waals surface area contributed by atoms with Gasteiger partial charge in [0.15, 0.2) is 0 Å². The van der Waals surface area contributed by atoms with E-state index in [-0.39, 0.29) is 49.5 Å². The molecule has 0 radical (unpaired) electrons. The summed E-state index contributed by atoms with van der Waals surface area (Å²) in [5.41, 5.74) is 0.160. The van der Waals surface area contributed by atoms with Crippen LogP contribution in [0.2, 0.25) is 0 Å². The Labute approximate surface area is 449 Å². The van der Waals surface area contributed by atoms with Crippen molar-refractivity contribution in [3.05, 3.63) is 69.8 Å². The lowest BCUT2D eigenvalue weighted by Crippen LogP contribution is -2.60. The fraction of sp³-hybridized carbons (Fsp3) is 0.667. The summed E-state index contributed by atoms with van der Waals surface area (Å²) in [6, 6.07) is 8.91. The highest BCUT2D eigenvalue weighted by atomic mass is 31.2. The van der Waals surface area contributed by atoms with E-state index in [2.05, 4.69) is 16.6 Å². The van der Waals surface area contributed by atoms with Crippen LogP contribution in [0.3, 0.4) is 0 Å². The molecule has 3 rings (SSSR count). The van der Waals surface area contributed by atoms with E-state index < -0.39 is 115 Å². The number of terminal acetylenes is 1. The van der Waals surface area contributed by atoms with E-state index in [1.165, 1.54) is 33.4 Å². The number of nitrogens with one attached hydrogen (secondary N) is 2. The van der Waals surface area contributed by atoms with Gasteiger partial charge < -0.3 is 44.5 Å². The maximum Gasteiger partial charge on any atom is 0.530 e. The van der Waals surface area contributed by atoms with E-state index in [9.17, 15) is 44.1 Å². The molecule has 1 aliphatic rings. The number of hydrogen-bond acceptors (Lipinski definition) is 16. The lowest BCUT2D eigenvalue weighted by atomic mass is 9.89. The third kappa shape index (κ3) is 17.2. The van der Waals surface area contributed by atoms with Crippen LogP contribution < -0.4 is 15.2 Å². The van der Waals surface area contributed by atoms with E-state index in [0.29, 0.717) is 24.9 Å². The topological polar surface area (TPSA) is 258 Å². The highest BCUT2D eigenvalue weighted by Gasteiger charge is 2.44. The third-order valence-electron chi connectivity index (χ3n) is 14.1. The lowest BCUT2D eigenvalue weighted by molar-refractivity contribution is -0.385. The van der Waals surface area contributed by atoms with Gasteiger partial charge in [0.05, 0.1) is 60.9 Å². The number of amides is 4. The fourth-order valence-corrected chi connectivity index (χ4v) is 11.1. The Bertz CT molecular complexity index is 2280. The standard InChI is InChI=1S/C54H85N6O15P/c1-16-24-42(39-28-29-43(41(31-39)60(67)68)75-76(69,72-18-3)73-19-4)74-54(66)58(13)47(34(7)8)52(64)56-46(33(5)6)53(65)57(12)48(35(9)17-2)44(70-14)32-45(61)59-30-23-27-40(59)50(71-15)36(10)51(63)55-37(11)49(62)38-25-21-20-22-26-38/h1,20-22,25-26,28-29,31,33-37,40,42,44-50,61-62H,17-19,23-24,27,30,32H2,2-15H3,(H,55,63)(H,56,64)/t35?,36-,37-,40?,42?,44-,45?,46?,47+,48?,49-,50-/m1/s1. The van der Waals surface area contributed by atoms with Gasteiger partial charge in [-0.05, 0) is 63.0 Å². The predicted molar refractivity (Wildman–Crippen MR) is 287 cm³/mol. The van der Waals surface area contributed by atoms with Crippen molar-refractivity contribution in [2.45, 2.75) is 162 Å². The van der Waals surface area contributed by atoms with Gasteiger partial charge >= 0.3 is 19.6 Å². The minimum absolute atomic E-state index is 0.0650. The first kappa shape index (κ1) is 65.1. The number of aliphatic hydroxyl groups excluding tert-OH is 2. The van der Waals surface area contributed by atoms with Crippen LogP contribution in [0.4, 0.5) is 10.5 Å². The first-order valence-electron chi connectivity index (χ1n) is 26.2. The van der Waals surface area contributed by atoms with Crippen molar-refractivity contribution >= 4 is 37.3 Å². The van der Waals surface area contributed by atoms with Crippen LogP contribution >= 0.6 is 7.82 Å². The maximum atomic E-state index is 14.8. The summed E-state index contributed by atoms with van der Waals surface area (Å²) < 4.78 is 46.7. The van der Waals surface area contributed by atoms with E-state index in [0.717, 1.165) is 17.4 Å². The quantitative estimate of drug-likeness (QED) is 0.0248. The molecule has 76 heavy (non-hydrogen) atoms. The predicted octanol–water partition coefficient (Wildman–Crippen LogP) is 7.40. The van der Waals surface area contributed by atoms with Crippen LogP contribution in [0.25, 0.3) is 0 Å². The van der Waals surface area contributed by atoms with Crippen molar-refractivity contribution in [1.29, 1.82) is 0 Å². The molecule has 0 saturated carbocycles. The Kier molecular flexibility index (Phi) is 26.3. The van der Waals surface area contributed by atoms with Gasteiger partial charge in [0.25, 0.3) is 0 Å². The molecule has 0 aliphatic carbocycles. The summed E-state index contributed by atoms with van der Waals surface area (Å²) >= 11 is 0. The molecule has 0 aromatic heterocycles.